The Hall–Kier alpha value is -0.300. The van der Waals surface area contributed by atoms with Crippen molar-refractivity contribution in [2.45, 2.75) is 19.0 Å². The molecule has 0 heterocycles. The molecule has 0 bridgehead atoms. The average molecular weight is 213 g/mol. The Bertz CT molecular complexity index is 147. The maximum absolute atomic E-state index is 12.4. The molecule has 0 saturated carbocycles. The van der Waals surface area contributed by atoms with Gasteiger partial charge < -0.3 is 20.3 Å². The molecule has 0 aromatic heterocycles. The highest BCUT2D eigenvalue weighted by Crippen LogP contribution is 2.09. The number of rotatable bonds is 8. The number of aliphatic hydroxyl groups is 2. The van der Waals surface area contributed by atoms with Gasteiger partial charge in [-0.05, 0) is 6.92 Å². The largest absolute Gasteiger partial charge is 0.390 e. The zero-order chi connectivity index (χ0) is 11.0. The third-order valence-electron chi connectivity index (χ3n) is 1.51. The molecular formula is C8H17F2NO3. The molecule has 0 saturated heterocycles. The van der Waals surface area contributed by atoms with E-state index in [0.717, 1.165) is 0 Å². The number of ether oxygens (including phenoxy) is 1. The molecule has 14 heavy (non-hydrogen) atoms. The van der Waals surface area contributed by atoms with Gasteiger partial charge >= 0.3 is 0 Å². The third-order valence-corrected chi connectivity index (χ3v) is 1.51. The van der Waals surface area contributed by atoms with Crippen LogP contribution in [0.2, 0.25) is 0 Å². The molecule has 0 aromatic rings. The first kappa shape index (κ1) is 13.7. The average Bonchev–Trinajstić information content (AvgIpc) is 2.14. The van der Waals surface area contributed by atoms with Gasteiger partial charge in [0.25, 0.3) is 5.92 Å². The molecule has 6 heteroatoms. The number of alkyl halides is 2. The monoisotopic (exact) mass is 213 g/mol. The summed E-state index contributed by atoms with van der Waals surface area (Å²) in [4.78, 5) is 0. The van der Waals surface area contributed by atoms with E-state index in [9.17, 15) is 8.78 Å². The molecule has 0 fully saturated rings. The highest BCUT2D eigenvalue weighted by Gasteiger charge is 2.26. The van der Waals surface area contributed by atoms with Gasteiger partial charge in [0.2, 0.25) is 0 Å². The third kappa shape index (κ3) is 7.14. The van der Waals surface area contributed by atoms with E-state index in [1.807, 2.05) is 0 Å². The van der Waals surface area contributed by atoms with E-state index in [-0.39, 0.29) is 13.2 Å². The van der Waals surface area contributed by atoms with Crippen LogP contribution >= 0.6 is 0 Å². The predicted octanol–water partition coefficient (Wildman–Crippen LogP) is -0.399. The predicted molar refractivity (Wildman–Crippen MR) is 47.4 cm³/mol. The van der Waals surface area contributed by atoms with Crippen LogP contribution in [-0.2, 0) is 4.74 Å². The standard InChI is InChI=1S/C8H17F2NO3/c1-2-14-4-7(13)3-11-5-8(9,10)6-12/h7,11-13H,2-6H2,1H3. The zero-order valence-corrected chi connectivity index (χ0v) is 8.17. The Morgan fingerprint density at radius 1 is 1.50 bits per heavy atom. The first-order valence-electron chi connectivity index (χ1n) is 4.47. The number of hydrogen-bond donors (Lipinski definition) is 3. The van der Waals surface area contributed by atoms with Gasteiger partial charge in [-0.3, -0.25) is 0 Å². The van der Waals surface area contributed by atoms with Crippen molar-refractivity contribution in [2.24, 2.45) is 0 Å². The summed E-state index contributed by atoms with van der Waals surface area (Å²) in [7, 11) is 0. The van der Waals surface area contributed by atoms with Gasteiger partial charge in [0.05, 0.1) is 19.3 Å². The van der Waals surface area contributed by atoms with Gasteiger partial charge in [-0.2, -0.15) is 0 Å². The fourth-order valence-corrected chi connectivity index (χ4v) is 0.790. The van der Waals surface area contributed by atoms with E-state index in [0.29, 0.717) is 6.61 Å². The summed E-state index contributed by atoms with van der Waals surface area (Å²) in [6, 6.07) is 0. The Kier molecular flexibility index (Phi) is 6.90. The Morgan fingerprint density at radius 2 is 2.14 bits per heavy atom. The summed E-state index contributed by atoms with van der Waals surface area (Å²) in [6.07, 6.45) is -0.801. The van der Waals surface area contributed by atoms with Crippen LogP contribution in [0.5, 0.6) is 0 Å². The summed E-state index contributed by atoms with van der Waals surface area (Å²) in [5.74, 6) is -3.13. The number of nitrogens with one attached hydrogen (secondary N) is 1. The lowest BCUT2D eigenvalue weighted by atomic mass is 10.3. The maximum atomic E-state index is 12.4. The van der Waals surface area contributed by atoms with Crippen LogP contribution in [-0.4, -0.2) is 55.1 Å². The first-order chi connectivity index (χ1) is 6.52. The van der Waals surface area contributed by atoms with Gasteiger partial charge in [0.15, 0.2) is 0 Å². The van der Waals surface area contributed by atoms with Crippen molar-refractivity contribution in [1.29, 1.82) is 0 Å². The molecule has 0 rings (SSSR count). The fraction of sp³-hybridized carbons (Fsp3) is 1.00. The highest BCUT2D eigenvalue weighted by atomic mass is 19.3. The second-order valence-electron chi connectivity index (χ2n) is 2.96. The summed E-state index contributed by atoms with van der Waals surface area (Å²) >= 11 is 0. The molecule has 0 spiro atoms. The molecule has 86 valence electrons. The van der Waals surface area contributed by atoms with E-state index in [4.69, 9.17) is 14.9 Å². The molecule has 0 aromatic carbocycles. The molecule has 4 nitrogen and oxygen atoms in total. The lowest BCUT2D eigenvalue weighted by Gasteiger charge is -2.16. The normalized spacial score (nSPS) is 14.4. The fourth-order valence-electron chi connectivity index (χ4n) is 0.790. The Labute approximate surface area is 81.9 Å². The van der Waals surface area contributed by atoms with Crippen molar-refractivity contribution in [2.75, 3.05) is 32.9 Å². The molecular weight excluding hydrogens is 196 g/mol. The Balaban J connectivity index is 3.43. The Morgan fingerprint density at radius 3 is 2.64 bits per heavy atom. The van der Waals surface area contributed by atoms with E-state index >= 15 is 0 Å². The van der Waals surface area contributed by atoms with Gasteiger partial charge in [0.1, 0.15) is 6.61 Å². The molecule has 0 aliphatic rings. The molecule has 1 unspecified atom stereocenters. The first-order valence-corrected chi connectivity index (χ1v) is 4.47. The van der Waals surface area contributed by atoms with Crippen LogP contribution in [0.25, 0.3) is 0 Å². The van der Waals surface area contributed by atoms with Crippen molar-refractivity contribution in [1.82, 2.24) is 5.32 Å². The number of hydrogen-bond acceptors (Lipinski definition) is 4. The van der Waals surface area contributed by atoms with Crippen molar-refractivity contribution >= 4 is 0 Å². The smallest absolute Gasteiger partial charge is 0.282 e. The topological polar surface area (TPSA) is 61.7 Å². The minimum Gasteiger partial charge on any atom is -0.390 e. The number of halogens is 2. The molecule has 3 N–H and O–H groups in total. The highest BCUT2D eigenvalue weighted by molar-refractivity contribution is 4.69. The molecule has 0 aliphatic carbocycles. The number of aliphatic hydroxyl groups excluding tert-OH is 2. The van der Waals surface area contributed by atoms with E-state index in [1.54, 1.807) is 6.92 Å². The van der Waals surface area contributed by atoms with Gasteiger partial charge in [-0.25, -0.2) is 8.78 Å². The van der Waals surface area contributed by atoms with Crippen LogP contribution in [0.3, 0.4) is 0 Å². The molecule has 1 atom stereocenters. The summed E-state index contributed by atoms with van der Waals surface area (Å²) in [6.45, 7) is 0.557. The van der Waals surface area contributed by atoms with Crippen LogP contribution < -0.4 is 5.32 Å². The van der Waals surface area contributed by atoms with Crippen molar-refractivity contribution < 1.29 is 23.7 Å². The quantitative estimate of drug-likeness (QED) is 0.513. The van der Waals surface area contributed by atoms with Crippen molar-refractivity contribution in [3.8, 4) is 0 Å². The van der Waals surface area contributed by atoms with Gasteiger partial charge in [-0.15, -0.1) is 0 Å². The second kappa shape index (κ2) is 7.05. The minimum absolute atomic E-state index is 0.0234. The second-order valence-corrected chi connectivity index (χ2v) is 2.96. The van der Waals surface area contributed by atoms with Crippen molar-refractivity contribution in [3.05, 3.63) is 0 Å². The molecule has 0 radical (unpaired) electrons. The van der Waals surface area contributed by atoms with E-state index < -0.39 is 25.2 Å². The van der Waals surface area contributed by atoms with Gasteiger partial charge in [0, 0.05) is 13.2 Å². The molecule has 0 amide bonds. The summed E-state index contributed by atoms with van der Waals surface area (Å²) in [5, 5.41) is 19.7. The zero-order valence-electron chi connectivity index (χ0n) is 8.17. The van der Waals surface area contributed by atoms with E-state index in [2.05, 4.69) is 5.32 Å². The van der Waals surface area contributed by atoms with Crippen LogP contribution in [0, 0.1) is 0 Å². The SMILES string of the molecule is CCOCC(O)CNCC(F)(F)CO. The van der Waals surface area contributed by atoms with Crippen LogP contribution in [0.4, 0.5) is 8.78 Å². The lowest BCUT2D eigenvalue weighted by Crippen LogP contribution is -2.40. The maximum Gasteiger partial charge on any atom is 0.282 e. The summed E-state index contributed by atoms with van der Waals surface area (Å²) in [5.41, 5.74) is 0. The van der Waals surface area contributed by atoms with Crippen molar-refractivity contribution in [3.63, 3.8) is 0 Å². The van der Waals surface area contributed by atoms with Crippen LogP contribution in [0.15, 0.2) is 0 Å². The van der Waals surface area contributed by atoms with Gasteiger partial charge in [-0.1, -0.05) is 0 Å². The van der Waals surface area contributed by atoms with E-state index in [1.165, 1.54) is 0 Å². The summed E-state index contributed by atoms with van der Waals surface area (Å²) < 4.78 is 29.7. The lowest BCUT2D eigenvalue weighted by molar-refractivity contribution is -0.0501. The minimum atomic E-state index is -3.13. The molecule has 0 aliphatic heterocycles. The van der Waals surface area contributed by atoms with Crippen LogP contribution in [0.1, 0.15) is 6.92 Å².